The molecule has 19 heavy (non-hydrogen) atoms. The molecule has 0 saturated heterocycles. The van der Waals surface area contributed by atoms with Crippen molar-refractivity contribution in [2.24, 2.45) is 4.99 Å². The Hall–Kier alpha value is -2.37. The van der Waals surface area contributed by atoms with E-state index in [9.17, 15) is 10.1 Å². The Morgan fingerprint density at radius 2 is 2.00 bits per heavy atom. The van der Waals surface area contributed by atoms with Gasteiger partial charge in [-0.15, -0.1) is 0 Å². The molecule has 0 aliphatic heterocycles. The van der Waals surface area contributed by atoms with E-state index in [1.807, 2.05) is 30.3 Å². The normalized spacial score (nSPS) is 12.7. The van der Waals surface area contributed by atoms with Gasteiger partial charge in [-0.25, -0.2) is 0 Å². The van der Waals surface area contributed by atoms with E-state index in [2.05, 4.69) is 15.6 Å². The summed E-state index contributed by atoms with van der Waals surface area (Å²) in [6.07, 6.45) is 0. The van der Waals surface area contributed by atoms with Crippen LogP contribution in [0.15, 0.2) is 46.8 Å². The second-order valence-corrected chi connectivity index (χ2v) is 3.88. The molecule has 0 aliphatic carbocycles. The summed E-state index contributed by atoms with van der Waals surface area (Å²) in [6.45, 7) is 2.12. The largest absolute Gasteiger partial charge is 0.369 e. The van der Waals surface area contributed by atoms with Crippen LogP contribution in [0.1, 0.15) is 12.5 Å². The van der Waals surface area contributed by atoms with Gasteiger partial charge in [0.2, 0.25) is 0 Å². The second kappa shape index (κ2) is 7.15. The summed E-state index contributed by atoms with van der Waals surface area (Å²) in [7, 11) is 3.17. The first-order valence-electron chi connectivity index (χ1n) is 5.88. The third-order valence-corrected chi connectivity index (χ3v) is 2.66. The predicted molar refractivity (Wildman–Crippen MR) is 75.4 cm³/mol. The first kappa shape index (κ1) is 14.7. The molecule has 1 aromatic carbocycles. The van der Waals surface area contributed by atoms with Gasteiger partial charge in [-0.3, -0.25) is 15.1 Å². The minimum absolute atomic E-state index is 0.0408. The molecule has 0 aliphatic rings. The van der Waals surface area contributed by atoms with Crippen LogP contribution in [0.25, 0.3) is 0 Å². The number of allylic oxidation sites excluding steroid dienone is 1. The van der Waals surface area contributed by atoms with Crippen LogP contribution in [0.3, 0.4) is 0 Å². The molecule has 0 saturated carbocycles. The Kier molecular flexibility index (Phi) is 5.53. The molecule has 1 aromatic rings. The number of nitrogens with zero attached hydrogens (tertiary/aromatic N) is 2. The summed E-state index contributed by atoms with van der Waals surface area (Å²) in [6, 6.07) is 9.67. The summed E-state index contributed by atoms with van der Waals surface area (Å²) >= 11 is 0. The highest BCUT2D eigenvalue weighted by atomic mass is 16.6. The maximum atomic E-state index is 11.1. The zero-order valence-corrected chi connectivity index (χ0v) is 11.3. The molecule has 2 N–H and O–H groups in total. The highest BCUT2D eigenvalue weighted by molar-refractivity contribution is 5.96. The third kappa shape index (κ3) is 4.09. The number of nitrogens with one attached hydrogen (secondary N) is 2. The monoisotopic (exact) mass is 262 g/mol. The van der Waals surface area contributed by atoms with Crippen LogP contribution in [0, 0.1) is 10.1 Å². The van der Waals surface area contributed by atoms with Crippen LogP contribution in [0.2, 0.25) is 0 Å². The summed E-state index contributed by atoms with van der Waals surface area (Å²) in [5.74, 6) is 0.358. The third-order valence-electron chi connectivity index (χ3n) is 2.66. The van der Waals surface area contributed by atoms with Crippen molar-refractivity contribution in [3.63, 3.8) is 0 Å². The Morgan fingerprint density at radius 1 is 1.37 bits per heavy atom. The van der Waals surface area contributed by atoms with Crippen molar-refractivity contribution in [2.75, 3.05) is 14.1 Å². The van der Waals surface area contributed by atoms with E-state index in [1.165, 1.54) is 7.05 Å². The van der Waals surface area contributed by atoms with Crippen molar-refractivity contribution in [1.82, 2.24) is 10.6 Å². The summed E-state index contributed by atoms with van der Waals surface area (Å²) in [5, 5.41) is 16.9. The topological polar surface area (TPSA) is 79.6 Å². The molecule has 6 heteroatoms. The zero-order chi connectivity index (χ0) is 14.3. The van der Waals surface area contributed by atoms with Crippen molar-refractivity contribution >= 4 is 5.71 Å². The van der Waals surface area contributed by atoms with Crippen LogP contribution >= 0.6 is 0 Å². The van der Waals surface area contributed by atoms with Crippen LogP contribution in [-0.2, 0) is 6.54 Å². The number of hydrogen-bond acceptors (Lipinski definition) is 5. The van der Waals surface area contributed by atoms with Gasteiger partial charge in [0.25, 0.3) is 0 Å². The molecule has 0 fully saturated rings. The van der Waals surface area contributed by atoms with Gasteiger partial charge in [-0.1, -0.05) is 30.3 Å². The minimum Gasteiger partial charge on any atom is -0.369 e. The molecular weight excluding hydrogens is 244 g/mol. The minimum atomic E-state index is -0.438. The van der Waals surface area contributed by atoms with Gasteiger partial charge in [-0.2, -0.15) is 0 Å². The lowest BCUT2D eigenvalue weighted by atomic mass is 10.2. The van der Waals surface area contributed by atoms with E-state index in [0.717, 1.165) is 5.56 Å². The molecule has 102 valence electrons. The van der Waals surface area contributed by atoms with Crippen molar-refractivity contribution in [3.8, 4) is 0 Å². The van der Waals surface area contributed by atoms with Crippen molar-refractivity contribution in [2.45, 2.75) is 13.5 Å². The Morgan fingerprint density at radius 3 is 2.47 bits per heavy atom. The van der Waals surface area contributed by atoms with E-state index >= 15 is 0 Å². The van der Waals surface area contributed by atoms with Crippen LogP contribution in [-0.4, -0.2) is 24.7 Å². The van der Waals surface area contributed by atoms with Crippen LogP contribution in [0.5, 0.6) is 0 Å². The zero-order valence-electron chi connectivity index (χ0n) is 11.3. The maximum Gasteiger partial charge on any atom is 0.329 e. The molecule has 0 aromatic heterocycles. The average molecular weight is 262 g/mol. The molecule has 0 bridgehead atoms. The van der Waals surface area contributed by atoms with Crippen molar-refractivity contribution in [1.29, 1.82) is 0 Å². The first-order chi connectivity index (χ1) is 9.10. The van der Waals surface area contributed by atoms with Gasteiger partial charge < -0.3 is 10.6 Å². The molecule has 0 spiro atoms. The lowest BCUT2D eigenvalue weighted by Crippen LogP contribution is -2.29. The van der Waals surface area contributed by atoms with E-state index in [1.54, 1.807) is 14.0 Å². The van der Waals surface area contributed by atoms with E-state index in [0.29, 0.717) is 18.1 Å². The predicted octanol–water partition coefficient (Wildman–Crippen LogP) is 1.53. The van der Waals surface area contributed by atoms with Gasteiger partial charge in [0.05, 0.1) is 4.92 Å². The summed E-state index contributed by atoms with van der Waals surface area (Å²) in [4.78, 5) is 14.5. The van der Waals surface area contributed by atoms with Crippen LogP contribution in [0.4, 0.5) is 0 Å². The van der Waals surface area contributed by atoms with Gasteiger partial charge >= 0.3 is 5.70 Å². The molecule has 0 heterocycles. The highest BCUT2D eigenvalue weighted by Crippen LogP contribution is 2.05. The Bertz CT molecular complexity index is 495. The SMILES string of the molecule is C/N=C(C)\C(=C(/NC)NCc1ccccc1)[N+](=O)[O-]. The molecule has 1 rings (SSSR count). The Balaban J connectivity index is 2.94. The number of aliphatic imine (C=N–C) groups is 1. The van der Waals surface area contributed by atoms with Crippen molar-refractivity contribution < 1.29 is 4.92 Å². The fourth-order valence-corrected chi connectivity index (χ4v) is 1.59. The van der Waals surface area contributed by atoms with E-state index in [4.69, 9.17) is 0 Å². The van der Waals surface area contributed by atoms with Gasteiger partial charge in [0.15, 0.2) is 5.82 Å². The van der Waals surface area contributed by atoms with E-state index < -0.39 is 4.92 Å². The molecule has 0 amide bonds. The molecule has 6 nitrogen and oxygen atoms in total. The first-order valence-corrected chi connectivity index (χ1v) is 5.88. The molecule has 0 radical (unpaired) electrons. The van der Waals surface area contributed by atoms with Crippen LogP contribution < -0.4 is 10.6 Å². The summed E-state index contributed by atoms with van der Waals surface area (Å²) in [5.41, 5.74) is 1.37. The number of rotatable bonds is 6. The number of benzene rings is 1. The Labute approximate surface area is 112 Å². The van der Waals surface area contributed by atoms with Gasteiger partial charge in [-0.05, 0) is 12.5 Å². The fraction of sp³-hybridized carbons (Fsp3) is 0.308. The number of hydrogen-bond donors (Lipinski definition) is 2. The molecule has 0 atom stereocenters. The van der Waals surface area contributed by atoms with E-state index in [-0.39, 0.29) is 5.70 Å². The lowest BCUT2D eigenvalue weighted by Gasteiger charge is -2.11. The molecule has 0 unspecified atom stereocenters. The van der Waals surface area contributed by atoms with Crippen molar-refractivity contribution in [3.05, 3.63) is 57.5 Å². The maximum absolute atomic E-state index is 11.1. The second-order valence-electron chi connectivity index (χ2n) is 3.88. The number of nitro groups is 1. The smallest absolute Gasteiger partial charge is 0.329 e. The standard InChI is InChI=1S/C13H18N4O2/c1-10(14-2)12(17(18)19)13(15-3)16-9-11-7-5-4-6-8-11/h4-8,15-16H,9H2,1-3H3/b13-12-,14-10-. The average Bonchev–Trinajstić information content (AvgIpc) is 2.43. The molecular formula is C13H18N4O2. The summed E-state index contributed by atoms with van der Waals surface area (Å²) < 4.78 is 0. The fourth-order valence-electron chi connectivity index (χ4n) is 1.59. The lowest BCUT2D eigenvalue weighted by molar-refractivity contribution is -0.416. The van der Waals surface area contributed by atoms with Gasteiger partial charge in [0.1, 0.15) is 5.71 Å². The highest BCUT2D eigenvalue weighted by Gasteiger charge is 2.21. The quantitative estimate of drug-likeness (QED) is 0.463. The van der Waals surface area contributed by atoms with Gasteiger partial charge in [0, 0.05) is 20.6 Å².